The van der Waals surface area contributed by atoms with Gasteiger partial charge in [0.2, 0.25) is 17.7 Å². The van der Waals surface area contributed by atoms with E-state index >= 15 is 0 Å². The molecule has 0 saturated heterocycles. The summed E-state index contributed by atoms with van der Waals surface area (Å²) in [5.74, 6) is -1.88. The van der Waals surface area contributed by atoms with E-state index in [1.54, 1.807) is 24.3 Å². The highest BCUT2D eigenvalue weighted by Crippen LogP contribution is 2.09. The Hall–Kier alpha value is -2.63. The van der Waals surface area contributed by atoms with Gasteiger partial charge in [-0.05, 0) is 62.1 Å². The lowest BCUT2D eigenvalue weighted by Crippen LogP contribution is -2.57. The lowest BCUT2D eigenvalue weighted by Gasteiger charge is -2.25. The Morgan fingerprint density at radius 3 is 2.00 bits per heavy atom. The Morgan fingerprint density at radius 2 is 1.46 bits per heavy atom. The number of carbonyl (C=O) groups is 4. The Balaban J connectivity index is 2.98. The molecule has 0 aliphatic rings. The first-order chi connectivity index (χ1) is 17.6. The van der Waals surface area contributed by atoms with Crippen LogP contribution in [-0.4, -0.2) is 71.5 Å². The lowest BCUT2D eigenvalue weighted by molar-refractivity contribution is -0.142. The first kappa shape index (κ1) is 32.4. The second kappa shape index (κ2) is 17.8. The normalized spacial score (nSPS) is 14.3. The number of carboxylic acids is 1. The third kappa shape index (κ3) is 12.9. The molecule has 4 unspecified atom stereocenters. The molecule has 10 nitrogen and oxygen atoms in total. The number of aliphatic carboxylic acids is 1. The highest BCUT2D eigenvalue weighted by atomic mass is 32.2. The van der Waals surface area contributed by atoms with Crippen molar-refractivity contribution in [2.45, 2.75) is 76.5 Å². The molecule has 1 rings (SSSR count). The highest BCUT2D eigenvalue weighted by Gasteiger charge is 2.30. The number of unbranched alkanes of at least 4 members (excludes halogenated alkanes) is 1. The van der Waals surface area contributed by atoms with Crippen molar-refractivity contribution >= 4 is 35.5 Å². The van der Waals surface area contributed by atoms with Crippen LogP contribution in [-0.2, 0) is 25.6 Å². The van der Waals surface area contributed by atoms with Crippen molar-refractivity contribution in [3.05, 3.63) is 35.9 Å². The summed E-state index contributed by atoms with van der Waals surface area (Å²) in [6.45, 7) is 4.34. The van der Waals surface area contributed by atoms with Crippen molar-refractivity contribution in [1.82, 2.24) is 16.0 Å². The van der Waals surface area contributed by atoms with E-state index in [0.29, 0.717) is 38.0 Å². The molecule has 3 amide bonds. The molecular formula is C26H43N5O5S. The van der Waals surface area contributed by atoms with Crippen molar-refractivity contribution in [2.75, 3.05) is 18.6 Å². The fourth-order valence-electron chi connectivity index (χ4n) is 3.75. The van der Waals surface area contributed by atoms with Crippen LogP contribution in [0.1, 0.15) is 51.5 Å². The fourth-order valence-corrected chi connectivity index (χ4v) is 4.23. The van der Waals surface area contributed by atoms with Gasteiger partial charge in [-0.15, -0.1) is 0 Å². The average molecular weight is 538 g/mol. The van der Waals surface area contributed by atoms with Crippen LogP contribution in [0.25, 0.3) is 0 Å². The molecule has 0 aliphatic heterocycles. The molecule has 1 aromatic carbocycles. The summed E-state index contributed by atoms with van der Waals surface area (Å²) < 4.78 is 0. The van der Waals surface area contributed by atoms with Crippen molar-refractivity contribution in [1.29, 1.82) is 0 Å². The van der Waals surface area contributed by atoms with E-state index in [2.05, 4.69) is 16.0 Å². The van der Waals surface area contributed by atoms with Gasteiger partial charge in [0.15, 0.2) is 0 Å². The van der Waals surface area contributed by atoms with Crippen LogP contribution >= 0.6 is 11.8 Å². The van der Waals surface area contributed by atoms with E-state index in [4.69, 9.17) is 11.5 Å². The predicted octanol–water partition coefficient (Wildman–Crippen LogP) is 1.02. The maximum atomic E-state index is 13.2. The number of carbonyl (C=O) groups excluding carboxylic acids is 3. The van der Waals surface area contributed by atoms with Crippen LogP contribution < -0.4 is 27.4 Å². The zero-order valence-electron chi connectivity index (χ0n) is 22.1. The van der Waals surface area contributed by atoms with E-state index < -0.39 is 47.9 Å². The Bertz CT molecular complexity index is 855. The summed E-state index contributed by atoms with van der Waals surface area (Å²) in [6, 6.07) is 5.22. The van der Waals surface area contributed by atoms with E-state index in [9.17, 15) is 24.3 Å². The first-order valence-electron chi connectivity index (χ1n) is 12.7. The minimum Gasteiger partial charge on any atom is -0.480 e. The summed E-state index contributed by atoms with van der Waals surface area (Å²) in [5, 5.41) is 17.7. The van der Waals surface area contributed by atoms with Crippen molar-refractivity contribution in [3.8, 4) is 0 Å². The largest absolute Gasteiger partial charge is 0.480 e. The van der Waals surface area contributed by atoms with Gasteiger partial charge in [-0.2, -0.15) is 11.8 Å². The minimum atomic E-state index is -1.17. The molecule has 0 spiro atoms. The van der Waals surface area contributed by atoms with E-state index in [0.717, 1.165) is 5.56 Å². The first-order valence-corrected chi connectivity index (χ1v) is 14.1. The molecular weight excluding hydrogens is 494 g/mol. The number of benzene rings is 1. The van der Waals surface area contributed by atoms with Gasteiger partial charge in [0, 0.05) is 6.42 Å². The number of rotatable bonds is 18. The van der Waals surface area contributed by atoms with Gasteiger partial charge < -0.3 is 32.5 Å². The summed E-state index contributed by atoms with van der Waals surface area (Å²) in [6.07, 6.45) is 4.31. The molecule has 0 fully saturated rings. The molecule has 4 atom stereocenters. The molecule has 0 saturated carbocycles. The molecule has 208 valence electrons. The molecule has 0 heterocycles. The van der Waals surface area contributed by atoms with Crippen LogP contribution in [0.5, 0.6) is 0 Å². The average Bonchev–Trinajstić information content (AvgIpc) is 2.85. The number of carboxylic acid groups (broad SMARTS) is 1. The van der Waals surface area contributed by atoms with Gasteiger partial charge in [-0.25, -0.2) is 4.79 Å². The molecule has 0 aromatic heterocycles. The lowest BCUT2D eigenvalue weighted by atomic mass is 10.0. The molecule has 0 aliphatic carbocycles. The van der Waals surface area contributed by atoms with Crippen LogP contribution in [0.3, 0.4) is 0 Å². The standard InChI is InChI=1S/C26H43N5O5S/c1-17(2)15-19(28)23(32)29-21(12-14-37-3)25(34)30-20(11-7-8-13-27)24(33)31-22(26(35)36)16-18-9-5-4-6-10-18/h4-6,9-10,17,19-22H,7-8,11-16,27-28H2,1-3H3,(H,29,32)(H,30,34)(H,31,33)(H,35,36). The maximum absolute atomic E-state index is 13.2. The number of thioether (sulfide) groups is 1. The van der Waals surface area contributed by atoms with Crippen molar-refractivity contribution < 1.29 is 24.3 Å². The van der Waals surface area contributed by atoms with Gasteiger partial charge in [0.25, 0.3) is 0 Å². The van der Waals surface area contributed by atoms with E-state index in [-0.39, 0.29) is 18.8 Å². The topological polar surface area (TPSA) is 177 Å². The number of amides is 3. The highest BCUT2D eigenvalue weighted by molar-refractivity contribution is 7.98. The molecule has 0 bridgehead atoms. The molecule has 8 N–H and O–H groups in total. The van der Waals surface area contributed by atoms with Crippen molar-refractivity contribution in [3.63, 3.8) is 0 Å². The molecule has 11 heteroatoms. The second-order valence-corrected chi connectivity index (χ2v) is 10.5. The Kier molecular flexibility index (Phi) is 15.6. The van der Waals surface area contributed by atoms with E-state index in [1.807, 2.05) is 26.2 Å². The van der Waals surface area contributed by atoms with Gasteiger partial charge in [0.05, 0.1) is 6.04 Å². The maximum Gasteiger partial charge on any atom is 0.326 e. The van der Waals surface area contributed by atoms with Crippen LogP contribution in [0.4, 0.5) is 0 Å². The van der Waals surface area contributed by atoms with Crippen LogP contribution in [0.2, 0.25) is 0 Å². The van der Waals surface area contributed by atoms with Gasteiger partial charge >= 0.3 is 5.97 Å². The Labute approximate surface area is 224 Å². The fraction of sp³-hybridized carbons (Fsp3) is 0.615. The minimum absolute atomic E-state index is 0.103. The monoisotopic (exact) mass is 537 g/mol. The quantitative estimate of drug-likeness (QED) is 0.150. The number of hydrogen-bond acceptors (Lipinski definition) is 7. The zero-order valence-corrected chi connectivity index (χ0v) is 22.9. The molecule has 1 aromatic rings. The van der Waals surface area contributed by atoms with E-state index in [1.165, 1.54) is 11.8 Å². The predicted molar refractivity (Wildman–Crippen MR) is 147 cm³/mol. The Morgan fingerprint density at radius 1 is 0.892 bits per heavy atom. The number of nitrogens with one attached hydrogen (secondary N) is 3. The van der Waals surface area contributed by atoms with Gasteiger partial charge in [-0.1, -0.05) is 44.2 Å². The smallest absolute Gasteiger partial charge is 0.326 e. The van der Waals surface area contributed by atoms with Crippen LogP contribution in [0, 0.1) is 5.92 Å². The molecule has 0 radical (unpaired) electrons. The summed E-state index contributed by atoms with van der Waals surface area (Å²) in [4.78, 5) is 50.8. The van der Waals surface area contributed by atoms with Crippen molar-refractivity contribution in [2.24, 2.45) is 17.4 Å². The van der Waals surface area contributed by atoms with Gasteiger partial charge in [-0.3, -0.25) is 14.4 Å². The second-order valence-electron chi connectivity index (χ2n) is 9.51. The summed E-state index contributed by atoms with van der Waals surface area (Å²) in [5.41, 5.74) is 12.3. The SMILES string of the molecule is CSCCC(NC(=O)C(N)CC(C)C)C(=O)NC(CCCCN)C(=O)NC(Cc1ccccc1)C(=O)O. The number of nitrogens with two attached hydrogens (primary N) is 2. The third-order valence-electron chi connectivity index (χ3n) is 5.78. The summed E-state index contributed by atoms with van der Waals surface area (Å²) >= 11 is 1.53. The summed E-state index contributed by atoms with van der Waals surface area (Å²) in [7, 11) is 0. The molecule has 37 heavy (non-hydrogen) atoms. The number of hydrogen-bond donors (Lipinski definition) is 6. The van der Waals surface area contributed by atoms with Crippen LogP contribution in [0.15, 0.2) is 30.3 Å². The zero-order chi connectivity index (χ0) is 27.8. The third-order valence-corrected chi connectivity index (χ3v) is 6.43. The van der Waals surface area contributed by atoms with Gasteiger partial charge in [0.1, 0.15) is 18.1 Å².